The van der Waals surface area contributed by atoms with E-state index in [4.69, 9.17) is 5.73 Å². The van der Waals surface area contributed by atoms with Crippen molar-refractivity contribution in [3.63, 3.8) is 0 Å². The Balaban J connectivity index is 2.51. The lowest BCUT2D eigenvalue weighted by atomic mass is 10.2. The van der Waals surface area contributed by atoms with E-state index in [0.29, 0.717) is 12.1 Å². The number of hydrogen-bond acceptors (Lipinski definition) is 2. The first-order chi connectivity index (χ1) is 7.47. The van der Waals surface area contributed by atoms with Crippen LogP contribution in [0.1, 0.15) is 18.9 Å². The predicted octanol–water partition coefficient (Wildman–Crippen LogP) is 1.32. The Kier molecular flexibility index (Phi) is 4.37. The van der Waals surface area contributed by atoms with Crippen molar-refractivity contribution in [1.82, 2.24) is 5.32 Å². The molecule has 88 valence electrons. The van der Waals surface area contributed by atoms with E-state index >= 15 is 0 Å². The molecule has 1 rings (SSSR count). The molecule has 0 heterocycles. The molecule has 0 aromatic heterocycles. The van der Waals surface area contributed by atoms with Crippen molar-refractivity contribution >= 4 is 5.91 Å². The molecule has 16 heavy (non-hydrogen) atoms. The lowest BCUT2D eigenvalue weighted by molar-refractivity contribution is -0.118. The van der Waals surface area contributed by atoms with Gasteiger partial charge < -0.3 is 11.1 Å². The largest absolute Gasteiger partial charge is 0.370 e. The number of carbonyl (C=O) groups excluding carboxylic acids is 1. The number of primary amides is 1. The van der Waals surface area contributed by atoms with Crippen LogP contribution in [-0.2, 0) is 11.3 Å². The van der Waals surface area contributed by atoms with Crippen molar-refractivity contribution in [2.75, 3.05) is 0 Å². The molecule has 0 aliphatic rings. The Labute approximate surface area is 92.6 Å². The molecule has 0 radical (unpaired) electrons. The second-order valence-corrected chi connectivity index (χ2v) is 3.73. The zero-order valence-corrected chi connectivity index (χ0v) is 8.97. The zero-order chi connectivity index (χ0) is 12.1. The van der Waals surface area contributed by atoms with Crippen molar-refractivity contribution in [3.05, 3.63) is 35.4 Å². The molecule has 0 bridgehead atoms. The highest BCUT2D eigenvalue weighted by atomic mass is 19.1. The first-order valence-corrected chi connectivity index (χ1v) is 4.94. The van der Waals surface area contributed by atoms with Gasteiger partial charge >= 0.3 is 0 Å². The lowest BCUT2D eigenvalue weighted by Gasteiger charge is -2.11. The van der Waals surface area contributed by atoms with Crippen LogP contribution in [0, 0.1) is 11.6 Å². The molecule has 1 aromatic carbocycles. The minimum Gasteiger partial charge on any atom is -0.370 e. The number of hydrogen-bond donors (Lipinski definition) is 2. The summed E-state index contributed by atoms with van der Waals surface area (Å²) in [6.45, 7) is 2.07. The van der Waals surface area contributed by atoms with E-state index in [1.165, 1.54) is 12.1 Å². The van der Waals surface area contributed by atoms with Crippen LogP contribution in [0.2, 0.25) is 0 Å². The van der Waals surface area contributed by atoms with E-state index < -0.39 is 17.5 Å². The summed E-state index contributed by atoms with van der Waals surface area (Å²) in [5, 5.41) is 2.95. The standard InChI is InChI=1S/C11H14F2N2O/c1-7(2-11(14)16)15-6-8-3-9(12)5-10(13)4-8/h3-5,7,15H,2,6H2,1H3,(H2,14,16). The Morgan fingerprint density at radius 3 is 2.44 bits per heavy atom. The van der Waals surface area contributed by atoms with Gasteiger partial charge in [-0.3, -0.25) is 4.79 Å². The van der Waals surface area contributed by atoms with Gasteiger partial charge in [0.25, 0.3) is 0 Å². The van der Waals surface area contributed by atoms with Gasteiger partial charge in [0.05, 0.1) is 0 Å². The molecule has 1 atom stereocenters. The van der Waals surface area contributed by atoms with Crippen LogP contribution in [0.5, 0.6) is 0 Å². The van der Waals surface area contributed by atoms with Crippen molar-refractivity contribution in [2.45, 2.75) is 25.9 Å². The molecular formula is C11H14F2N2O. The molecule has 5 heteroatoms. The van der Waals surface area contributed by atoms with Gasteiger partial charge in [-0.2, -0.15) is 0 Å². The second-order valence-electron chi connectivity index (χ2n) is 3.73. The van der Waals surface area contributed by atoms with E-state index in [9.17, 15) is 13.6 Å². The van der Waals surface area contributed by atoms with Gasteiger partial charge in [0, 0.05) is 25.1 Å². The molecule has 0 fully saturated rings. The number of amides is 1. The molecule has 1 amide bonds. The predicted molar refractivity (Wildman–Crippen MR) is 56.5 cm³/mol. The molecule has 0 saturated carbocycles. The average Bonchev–Trinajstić information content (AvgIpc) is 2.12. The van der Waals surface area contributed by atoms with E-state index in [2.05, 4.69) is 5.32 Å². The SMILES string of the molecule is CC(CC(N)=O)NCc1cc(F)cc(F)c1. The van der Waals surface area contributed by atoms with Gasteiger partial charge in [-0.1, -0.05) is 0 Å². The van der Waals surface area contributed by atoms with Gasteiger partial charge in [0.2, 0.25) is 5.91 Å². The highest BCUT2D eigenvalue weighted by Crippen LogP contribution is 2.08. The third-order valence-electron chi connectivity index (χ3n) is 2.08. The number of nitrogens with two attached hydrogens (primary N) is 1. The third kappa shape index (κ3) is 4.35. The fourth-order valence-corrected chi connectivity index (χ4v) is 1.38. The summed E-state index contributed by atoms with van der Waals surface area (Å²) < 4.78 is 25.6. The summed E-state index contributed by atoms with van der Waals surface area (Å²) in [4.78, 5) is 10.6. The number of carbonyl (C=O) groups is 1. The summed E-state index contributed by atoms with van der Waals surface area (Å²) in [5.74, 6) is -1.64. The third-order valence-corrected chi connectivity index (χ3v) is 2.08. The van der Waals surface area contributed by atoms with Crippen LogP contribution in [0.4, 0.5) is 8.78 Å². The molecule has 3 N–H and O–H groups in total. The summed E-state index contributed by atoms with van der Waals surface area (Å²) in [6, 6.07) is 3.18. The highest BCUT2D eigenvalue weighted by Gasteiger charge is 2.06. The van der Waals surface area contributed by atoms with Crippen LogP contribution in [-0.4, -0.2) is 11.9 Å². The van der Waals surface area contributed by atoms with Crippen molar-refractivity contribution in [2.24, 2.45) is 5.73 Å². The maximum Gasteiger partial charge on any atom is 0.218 e. The Bertz CT molecular complexity index is 362. The van der Waals surface area contributed by atoms with Gasteiger partial charge in [-0.15, -0.1) is 0 Å². The molecule has 0 aliphatic heterocycles. The minimum absolute atomic E-state index is 0.121. The fraction of sp³-hybridized carbons (Fsp3) is 0.364. The second kappa shape index (κ2) is 5.55. The van der Waals surface area contributed by atoms with Crippen molar-refractivity contribution in [1.29, 1.82) is 0 Å². The van der Waals surface area contributed by atoms with E-state index in [0.717, 1.165) is 6.07 Å². The summed E-state index contributed by atoms with van der Waals surface area (Å²) in [6.07, 6.45) is 0.192. The van der Waals surface area contributed by atoms with E-state index in [1.807, 2.05) is 0 Å². The smallest absolute Gasteiger partial charge is 0.218 e. The average molecular weight is 228 g/mol. The van der Waals surface area contributed by atoms with Crippen LogP contribution in [0.15, 0.2) is 18.2 Å². The molecule has 1 aromatic rings. The first-order valence-electron chi connectivity index (χ1n) is 4.94. The minimum atomic E-state index is -0.612. The number of rotatable bonds is 5. The maximum absolute atomic E-state index is 12.8. The van der Waals surface area contributed by atoms with Crippen LogP contribution in [0.25, 0.3) is 0 Å². The zero-order valence-electron chi connectivity index (χ0n) is 8.97. The Hall–Kier alpha value is -1.49. The molecular weight excluding hydrogens is 214 g/mol. The molecule has 0 saturated heterocycles. The summed E-state index contributed by atoms with van der Waals surface area (Å²) >= 11 is 0. The van der Waals surface area contributed by atoms with Crippen LogP contribution < -0.4 is 11.1 Å². The monoisotopic (exact) mass is 228 g/mol. The number of nitrogens with one attached hydrogen (secondary N) is 1. The normalized spacial score (nSPS) is 12.4. The highest BCUT2D eigenvalue weighted by molar-refractivity contribution is 5.74. The quantitative estimate of drug-likeness (QED) is 0.798. The van der Waals surface area contributed by atoms with E-state index in [-0.39, 0.29) is 12.5 Å². The Morgan fingerprint density at radius 2 is 1.94 bits per heavy atom. The molecule has 0 spiro atoms. The van der Waals surface area contributed by atoms with Gasteiger partial charge in [0.1, 0.15) is 11.6 Å². The molecule has 0 aliphatic carbocycles. The summed E-state index contributed by atoms with van der Waals surface area (Å²) in [5.41, 5.74) is 5.51. The number of benzene rings is 1. The fourth-order valence-electron chi connectivity index (χ4n) is 1.38. The lowest BCUT2D eigenvalue weighted by Crippen LogP contribution is -2.30. The summed E-state index contributed by atoms with van der Waals surface area (Å²) in [7, 11) is 0. The van der Waals surface area contributed by atoms with Crippen LogP contribution in [0.3, 0.4) is 0 Å². The maximum atomic E-state index is 12.8. The van der Waals surface area contributed by atoms with Gasteiger partial charge in [-0.05, 0) is 24.6 Å². The van der Waals surface area contributed by atoms with Crippen molar-refractivity contribution < 1.29 is 13.6 Å². The van der Waals surface area contributed by atoms with E-state index in [1.54, 1.807) is 6.92 Å². The first kappa shape index (κ1) is 12.6. The topological polar surface area (TPSA) is 55.1 Å². The van der Waals surface area contributed by atoms with Gasteiger partial charge in [-0.25, -0.2) is 8.78 Å². The Morgan fingerprint density at radius 1 is 1.38 bits per heavy atom. The van der Waals surface area contributed by atoms with Crippen molar-refractivity contribution in [3.8, 4) is 0 Å². The number of halogens is 2. The molecule has 3 nitrogen and oxygen atoms in total. The van der Waals surface area contributed by atoms with Gasteiger partial charge in [0.15, 0.2) is 0 Å². The molecule has 1 unspecified atom stereocenters. The van der Waals surface area contributed by atoms with Crippen LogP contribution >= 0.6 is 0 Å².